The number of hydrogen-bond acceptors (Lipinski definition) is 8. The van der Waals surface area contributed by atoms with Crippen molar-refractivity contribution in [1.82, 2.24) is 5.32 Å². The van der Waals surface area contributed by atoms with Crippen molar-refractivity contribution in [2.24, 2.45) is 0 Å². The normalized spacial score (nSPS) is 20.8. The Labute approximate surface area is 240 Å². The minimum absolute atomic E-state index is 0.00887. The van der Waals surface area contributed by atoms with Crippen LogP contribution in [0.1, 0.15) is 82.3 Å². The fraction of sp³-hybridized carbons (Fsp3) is 0.424. The van der Waals surface area contributed by atoms with Crippen LogP contribution in [0.25, 0.3) is 0 Å². The number of ether oxygens (including phenoxy) is 4. The van der Waals surface area contributed by atoms with Crippen LogP contribution in [-0.4, -0.2) is 37.5 Å². The molecule has 41 heavy (non-hydrogen) atoms. The Hall–Kier alpha value is -4.07. The van der Waals surface area contributed by atoms with Gasteiger partial charge in [0.1, 0.15) is 11.9 Å². The molecule has 0 spiro atoms. The van der Waals surface area contributed by atoms with Gasteiger partial charge in [0, 0.05) is 36.2 Å². The van der Waals surface area contributed by atoms with Gasteiger partial charge in [-0.2, -0.15) is 0 Å². The molecule has 0 radical (unpaired) electrons. The lowest BCUT2D eigenvalue weighted by Gasteiger charge is -2.37. The number of benzene rings is 2. The fourth-order valence-corrected chi connectivity index (χ4v) is 6.19. The number of carbonyl (C=O) groups excluding carboxylic acids is 3. The first-order valence-electron chi connectivity index (χ1n) is 14.3. The van der Waals surface area contributed by atoms with Crippen molar-refractivity contribution in [3.63, 3.8) is 0 Å². The maximum atomic E-state index is 14.0. The zero-order valence-electron chi connectivity index (χ0n) is 24.1. The molecule has 2 aromatic carbocycles. The summed E-state index contributed by atoms with van der Waals surface area (Å²) >= 11 is 0. The highest BCUT2D eigenvalue weighted by Gasteiger charge is 2.42. The standard InChI is InChI=1S/C33H37NO7/c1-5-39-29-18-22(12-15-28(29)40-20(3)35)31-30(33(37)41-25-8-6-7-9-25)19(2)34-26-16-23(17-27(36)32(26)31)21-10-13-24(38-4)14-11-21/h10-15,18,23,25,31,34H,5-9,16-17H2,1-4H3/t23-,31-/m0/s1. The molecule has 8 nitrogen and oxygen atoms in total. The number of hydrogen-bond donors (Lipinski definition) is 1. The molecular formula is C33H37NO7. The first-order chi connectivity index (χ1) is 19.8. The van der Waals surface area contributed by atoms with Crippen LogP contribution in [-0.2, 0) is 19.1 Å². The van der Waals surface area contributed by atoms with E-state index in [2.05, 4.69) is 5.32 Å². The predicted molar refractivity (Wildman–Crippen MR) is 153 cm³/mol. The summed E-state index contributed by atoms with van der Waals surface area (Å²) in [6, 6.07) is 13.0. The van der Waals surface area contributed by atoms with Crippen molar-refractivity contribution in [2.45, 2.75) is 77.2 Å². The second-order valence-corrected chi connectivity index (χ2v) is 10.8. The molecule has 0 saturated heterocycles. The highest BCUT2D eigenvalue weighted by Crippen LogP contribution is 2.47. The van der Waals surface area contributed by atoms with E-state index >= 15 is 0 Å². The van der Waals surface area contributed by atoms with Crippen molar-refractivity contribution in [2.75, 3.05) is 13.7 Å². The Bertz CT molecular complexity index is 1400. The van der Waals surface area contributed by atoms with E-state index in [0.29, 0.717) is 47.6 Å². The minimum Gasteiger partial charge on any atom is -0.497 e. The van der Waals surface area contributed by atoms with Gasteiger partial charge < -0.3 is 24.3 Å². The van der Waals surface area contributed by atoms with Gasteiger partial charge in [0.2, 0.25) is 0 Å². The highest BCUT2D eigenvalue weighted by atomic mass is 16.6. The Morgan fingerprint density at radius 2 is 1.68 bits per heavy atom. The van der Waals surface area contributed by atoms with Crippen molar-refractivity contribution in [3.8, 4) is 17.2 Å². The third-order valence-corrected chi connectivity index (χ3v) is 8.07. The monoisotopic (exact) mass is 559 g/mol. The van der Waals surface area contributed by atoms with Crippen molar-refractivity contribution in [3.05, 3.63) is 76.1 Å². The largest absolute Gasteiger partial charge is 0.497 e. The molecule has 216 valence electrons. The molecule has 2 atom stereocenters. The summed E-state index contributed by atoms with van der Waals surface area (Å²) in [5, 5.41) is 3.42. The Kier molecular flexibility index (Phi) is 8.47. The fourth-order valence-electron chi connectivity index (χ4n) is 6.19. The van der Waals surface area contributed by atoms with E-state index in [4.69, 9.17) is 18.9 Å². The van der Waals surface area contributed by atoms with Crippen LogP contribution >= 0.6 is 0 Å². The van der Waals surface area contributed by atoms with Crippen molar-refractivity contribution < 1.29 is 33.3 Å². The summed E-state index contributed by atoms with van der Waals surface area (Å²) in [4.78, 5) is 39.4. The van der Waals surface area contributed by atoms with Gasteiger partial charge in [0.25, 0.3) is 0 Å². The third-order valence-electron chi connectivity index (χ3n) is 8.07. The zero-order valence-corrected chi connectivity index (χ0v) is 24.1. The number of nitrogens with one attached hydrogen (secondary N) is 1. The van der Waals surface area contributed by atoms with Gasteiger partial charge in [0.05, 0.1) is 19.3 Å². The topological polar surface area (TPSA) is 100 Å². The maximum Gasteiger partial charge on any atom is 0.337 e. The summed E-state index contributed by atoms with van der Waals surface area (Å²) < 4.78 is 22.5. The van der Waals surface area contributed by atoms with E-state index < -0.39 is 17.9 Å². The van der Waals surface area contributed by atoms with Crippen LogP contribution in [0.4, 0.5) is 0 Å². The van der Waals surface area contributed by atoms with Crippen LogP contribution in [0.3, 0.4) is 0 Å². The molecule has 2 aromatic rings. The molecule has 1 saturated carbocycles. The number of rotatable bonds is 8. The average Bonchev–Trinajstić information content (AvgIpc) is 3.46. The number of Topliss-reactive ketones (excluding diaryl/α,β-unsaturated/α-hetero) is 1. The number of esters is 2. The Morgan fingerprint density at radius 1 is 0.976 bits per heavy atom. The molecule has 1 N–H and O–H groups in total. The van der Waals surface area contributed by atoms with Gasteiger partial charge in [0.15, 0.2) is 17.3 Å². The first-order valence-corrected chi connectivity index (χ1v) is 14.3. The molecule has 2 aliphatic carbocycles. The molecule has 8 heteroatoms. The molecule has 0 unspecified atom stereocenters. The summed E-state index contributed by atoms with van der Waals surface area (Å²) in [5.41, 5.74) is 4.23. The second kappa shape index (κ2) is 12.2. The third kappa shape index (κ3) is 6.01. The minimum atomic E-state index is -0.643. The van der Waals surface area contributed by atoms with Crippen molar-refractivity contribution >= 4 is 17.7 Å². The molecule has 1 fully saturated rings. The second-order valence-electron chi connectivity index (χ2n) is 10.8. The number of dihydropyridines is 1. The first kappa shape index (κ1) is 28.5. The van der Waals surface area contributed by atoms with E-state index in [1.165, 1.54) is 6.92 Å². The number of methoxy groups -OCH3 is 1. The SMILES string of the molecule is CCOc1cc([C@H]2C(C(=O)OC3CCCC3)=C(C)NC3=C2C(=O)C[C@@H](c2ccc(OC)cc2)C3)ccc1OC(C)=O. The van der Waals surface area contributed by atoms with E-state index in [1.54, 1.807) is 25.3 Å². The maximum absolute atomic E-state index is 14.0. The number of ketones is 1. The van der Waals surface area contributed by atoms with Crippen LogP contribution in [0.2, 0.25) is 0 Å². The predicted octanol–water partition coefficient (Wildman–Crippen LogP) is 5.87. The van der Waals surface area contributed by atoms with E-state index in [9.17, 15) is 14.4 Å². The van der Waals surface area contributed by atoms with Crippen LogP contribution in [0.5, 0.6) is 17.2 Å². The Morgan fingerprint density at radius 3 is 2.34 bits per heavy atom. The molecule has 1 aliphatic heterocycles. The van der Waals surface area contributed by atoms with Crippen LogP contribution in [0.15, 0.2) is 65.0 Å². The highest BCUT2D eigenvalue weighted by molar-refractivity contribution is 6.04. The van der Waals surface area contributed by atoms with Gasteiger partial charge in [-0.25, -0.2) is 4.79 Å². The lowest BCUT2D eigenvalue weighted by molar-refractivity contribution is -0.144. The summed E-state index contributed by atoms with van der Waals surface area (Å²) in [5.74, 6) is -0.124. The molecule has 0 amide bonds. The lowest BCUT2D eigenvalue weighted by Crippen LogP contribution is -2.36. The van der Waals surface area contributed by atoms with Gasteiger partial charge in [-0.15, -0.1) is 0 Å². The smallest absolute Gasteiger partial charge is 0.337 e. The molecular weight excluding hydrogens is 522 g/mol. The van der Waals surface area contributed by atoms with E-state index in [-0.39, 0.29) is 23.6 Å². The zero-order chi connectivity index (χ0) is 29.1. The molecule has 0 aromatic heterocycles. The van der Waals surface area contributed by atoms with Gasteiger partial charge >= 0.3 is 11.9 Å². The summed E-state index contributed by atoms with van der Waals surface area (Å²) in [6.45, 7) is 5.39. The van der Waals surface area contributed by atoms with Gasteiger partial charge in [-0.05, 0) is 87.3 Å². The van der Waals surface area contributed by atoms with Crippen LogP contribution in [0, 0.1) is 0 Å². The summed E-state index contributed by atoms with van der Waals surface area (Å²) in [6.07, 6.45) is 4.58. The van der Waals surface area contributed by atoms with Crippen LogP contribution < -0.4 is 19.5 Å². The van der Waals surface area contributed by atoms with Gasteiger partial charge in [-0.1, -0.05) is 18.2 Å². The molecule has 3 aliphatic rings. The van der Waals surface area contributed by atoms with E-state index in [0.717, 1.165) is 42.7 Å². The average molecular weight is 560 g/mol. The number of allylic oxidation sites excluding steroid dienone is 3. The van der Waals surface area contributed by atoms with Gasteiger partial charge in [-0.3, -0.25) is 9.59 Å². The summed E-state index contributed by atoms with van der Waals surface area (Å²) in [7, 11) is 1.63. The molecule has 5 rings (SSSR count). The molecule has 1 heterocycles. The quantitative estimate of drug-likeness (QED) is 0.317. The molecule has 0 bridgehead atoms. The Balaban J connectivity index is 1.57. The van der Waals surface area contributed by atoms with Crippen molar-refractivity contribution in [1.29, 1.82) is 0 Å². The number of carbonyl (C=O) groups is 3. The van der Waals surface area contributed by atoms with E-state index in [1.807, 2.05) is 38.1 Å². The lowest BCUT2D eigenvalue weighted by atomic mass is 9.71.